The summed E-state index contributed by atoms with van der Waals surface area (Å²) < 4.78 is 6.90. The Balaban J connectivity index is 2.01. The lowest BCUT2D eigenvalue weighted by Gasteiger charge is -2.05. The van der Waals surface area contributed by atoms with E-state index in [9.17, 15) is 0 Å². The largest absolute Gasteiger partial charge is 0.368 e. The van der Waals surface area contributed by atoms with Crippen LogP contribution in [0.5, 0.6) is 0 Å². The van der Waals surface area contributed by atoms with Gasteiger partial charge in [0, 0.05) is 0 Å². The summed E-state index contributed by atoms with van der Waals surface area (Å²) in [6, 6.07) is 6.14. The van der Waals surface area contributed by atoms with Crippen LogP contribution in [-0.4, -0.2) is 26.8 Å². The molecule has 1 fully saturated rings. The number of epoxide rings is 1. The fraction of sp³-hybridized carbons (Fsp3) is 0.300. The van der Waals surface area contributed by atoms with Gasteiger partial charge >= 0.3 is 0 Å². The maximum atomic E-state index is 5.26. The molecule has 0 spiro atoms. The van der Waals surface area contributed by atoms with E-state index in [1.54, 1.807) is 11.0 Å². The van der Waals surface area contributed by atoms with Crippen LogP contribution in [0.25, 0.3) is 5.69 Å². The number of tetrazole rings is 1. The molecule has 1 aromatic carbocycles. The molecule has 1 saturated heterocycles. The molecule has 2 aromatic rings. The Kier molecular flexibility index (Phi) is 1.78. The highest BCUT2D eigenvalue weighted by Crippen LogP contribution is 2.32. The highest BCUT2D eigenvalue weighted by atomic mass is 16.6. The van der Waals surface area contributed by atoms with E-state index in [1.807, 2.05) is 6.07 Å². The summed E-state index contributed by atoms with van der Waals surface area (Å²) in [5, 5.41) is 11.1. The second-order valence-corrected chi connectivity index (χ2v) is 3.62. The Morgan fingerprint density at radius 1 is 1.47 bits per heavy atom. The predicted octanol–water partition coefficient (Wildman–Crippen LogP) is 1.04. The Morgan fingerprint density at radius 2 is 2.33 bits per heavy atom. The predicted molar refractivity (Wildman–Crippen MR) is 52.6 cm³/mol. The van der Waals surface area contributed by atoms with Crippen molar-refractivity contribution in [2.75, 3.05) is 6.61 Å². The molecule has 0 bridgehead atoms. The lowest BCUT2D eigenvalue weighted by molar-refractivity contribution is 0.415. The maximum absolute atomic E-state index is 5.26. The van der Waals surface area contributed by atoms with Crippen LogP contribution in [0.1, 0.15) is 17.2 Å². The first-order valence-corrected chi connectivity index (χ1v) is 4.80. The van der Waals surface area contributed by atoms with Gasteiger partial charge in [-0.1, -0.05) is 6.07 Å². The van der Waals surface area contributed by atoms with Gasteiger partial charge in [-0.25, -0.2) is 4.68 Å². The summed E-state index contributed by atoms with van der Waals surface area (Å²) in [4.78, 5) is 0. The van der Waals surface area contributed by atoms with Crippen molar-refractivity contribution < 1.29 is 4.74 Å². The van der Waals surface area contributed by atoms with E-state index in [0.717, 1.165) is 12.3 Å². The first kappa shape index (κ1) is 8.55. The number of aromatic nitrogens is 4. The Hall–Kier alpha value is -1.75. The lowest BCUT2D eigenvalue weighted by atomic mass is 10.1. The van der Waals surface area contributed by atoms with E-state index in [-0.39, 0.29) is 0 Å². The van der Waals surface area contributed by atoms with Gasteiger partial charge in [-0.05, 0) is 40.6 Å². The van der Waals surface area contributed by atoms with Crippen molar-refractivity contribution in [1.82, 2.24) is 20.2 Å². The summed E-state index contributed by atoms with van der Waals surface area (Å²) in [7, 11) is 0. The van der Waals surface area contributed by atoms with Gasteiger partial charge in [0.1, 0.15) is 12.4 Å². The zero-order chi connectivity index (χ0) is 10.3. The molecule has 76 valence electrons. The second kappa shape index (κ2) is 3.13. The molecule has 3 rings (SSSR count). The summed E-state index contributed by atoms with van der Waals surface area (Å²) in [6.45, 7) is 2.91. The summed E-state index contributed by atoms with van der Waals surface area (Å²) in [5.74, 6) is 0. The van der Waals surface area contributed by atoms with Gasteiger partial charge in [0.2, 0.25) is 0 Å². The third-order valence-electron chi connectivity index (χ3n) is 2.55. The first-order chi connectivity index (χ1) is 7.34. The van der Waals surface area contributed by atoms with Crippen LogP contribution in [0.15, 0.2) is 24.5 Å². The zero-order valence-electron chi connectivity index (χ0n) is 8.29. The van der Waals surface area contributed by atoms with E-state index >= 15 is 0 Å². The van der Waals surface area contributed by atoms with Gasteiger partial charge in [0.05, 0.1) is 12.3 Å². The van der Waals surface area contributed by atoms with Crippen molar-refractivity contribution in [3.05, 3.63) is 35.7 Å². The van der Waals surface area contributed by atoms with Gasteiger partial charge in [-0.15, -0.1) is 5.10 Å². The minimum atomic E-state index is 0.299. The van der Waals surface area contributed by atoms with E-state index in [4.69, 9.17) is 4.74 Å². The molecule has 5 heteroatoms. The normalized spacial score (nSPS) is 19.1. The molecule has 1 aromatic heterocycles. The molecule has 1 aliphatic rings. The van der Waals surface area contributed by atoms with E-state index in [0.29, 0.717) is 6.10 Å². The lowest BCUT2D eigenvalue weighted by Crippen LogP contribution is -1.97. The minimum absolute atomic E-state index is 0.299. The molecule has 2 heterocycles. The molecule has 0 amide bonds. The van der Waals surface area contributed by atoms with Crippen molar-refractivity contribution in [3.63, 3.8) is 0 Å². The molecule has 1 atom stereocenters. The van der Waals surface area contributed by atoms with E-state index < -0.39 is 0 Å². The van der Waals surface area contributed by atoms with Gasteiger partial charge < -0.3 is 4.74 Å². The SMILES string of the molecule is Cc1cc(-n2cnnn2)ccc1[C@@H]1CO1. The van der Waals surface area contributed by atoms with Crippen molar-refractivity contribution in [2.24, 2.45) is 0 Å². The number of aryl methyl sites for hydroxylation is 1. The molecule has 5 nitrogen and oxygen atoms in total. The Morgan fingerprint density at radius 3 is 2.93 bits per heavy atom. The molecular formula is C10H10N4O. The molecule has 1 aliphatic heterocycles. The number of rotatable bonds is 2. The minimum Gasteiger partial charge on any atom is -0.368 e. The van der Waals surface area contributed by atoms with Crippen molar-refractivity contribution in [2.45, 2.75) is 13.0 Å². The average Bonchev–Trinajstić information content (AvgIpc) is 2.93. The van der Waals surface area contributed by atoms with Crippen molar-refractivity contribution in [3.8, 4) is 5.69 Å². The number of hydrogen-bond donors (Lipinski definition) is 0. The smallest absolute Gasteiger partial charge is 0.143 e. The van der Waals surface area contributed by atoms with Crippen LogP contribution in [-0.2, 0) is 4.74 Å². The third kappa shape index (κ3) is 1.50. The number of ether oxygens (including phenoxy) is 1. The average molecular weight is 202 g/mol. The molecule has 0 aliphatic carbocycles. The van der Waals surface area contributed by atoms with E-state index in [1.165, 1.54) is 11.1 Å². The quantitative estimate of drug-likeness (QED) is 0.683. The number of hydrogen-bond acceptors (Lipinski definition) is 4. The topological polar surface area (TPSA) is 56.1 Å². The second-order valence-electron chi connectivity index (χ2n) is 3.62. The maximum Gasteiger partial charge on any atom is 0.143 e. The van der Waals surface area contributed by atoms with Gasteiger partial charge in [-0.2, -0.15) is 0 Å². The molecule has 15 heavy (non-hydrogen) atoms. The highest BCUT2D eigenvalue weighted by molar-refractivity contribution is 5.41. The third-order valence-corrected chi connectivity index (χ3v) is 2.55. The fourth-order valence-electron chi connectivity index (χ4n) is 1.67. The van der Waals surface area contributed by atoms with Crippen molar-refractivity contribution >= 4 is 0 Å². The van der Waals surface area contributed by atoms with Crippen molar-refractivity contribution in [1.29, 1.82) is 0 Å². The fourth-order valence-corrected chi connectivity index (χ4v) is 1.67. The van der Waals surface area contributed by atoms with E-state index in [2.05, 4.69) is 34.6 Å². The number of nitrogens with zero attached hydrogens (tertiary/aromatic N) is 4. The highest BCUT2D eigenvalue weighted by Gasteiger charge is 2.26. The Bertz CT molecular complexity index is 476. The number of benzene rings is 1. The first-order valence-electron chi connectivity index (χ1n) is 4.80. The Labute approximate surface area is 86.7 Å². The van der Waals surface area contributed by atoms with Gasteiger partial charge in [0.15, 0.2) is 0 Å². The molecule has 0 unspecified atom stereocenters. The molecule has 0 radical (unpaired) electrons. The van der Waals surface area contributed by atoms with Crippen LogP contribution in [0.3, 0.4) is 0 Å². The standard InChI is InChI=1S/C10H10N4O/c1-7-4-8(14-6-11-12-13-14)2-3-9(7)10-5-15-10/h2-4,6,10H,5H2,1H3/t10-/m0/s1. The molecule has 0 saturated carbocycles. The van der Waals surface area contributed by atoms with Crippen LogP contribution in [0.2, 0.25) is 0 Å². The van der Waals surface area contributed by atoms with Crippen LogP contribution >= 0.6 is 0 Å². The summed E-state index contributed by atoms with van der Waals surface area (Å²) in [5.41, 5.74) is 3.44. The van der Waals surface area contributed by atoms with Gasteiger partial charge in [0.25, 0.3) is 0 Å². The zero-order valence-corrected chi connectivity index (χ0v) is 8.29. The molecule has 0 N–H and O–H groups in total. The molecular weight excluding hydrogens is 192 g/mol. The monoisotopic (exact) mass is 202 g/mol. The summed E-state index contributed by atoms with van der Waals surface area (Å²) >= 11 is 0. The summed E-state index contributed by atoms with van der Waals surface area (Å²) in [6.07, 6.45) is 1.88. The van der Waals surface area contributed by atoms with Crippen LogP contribution in [0, 0.1) is 6.92 Å². The van der Waals surface area contributed by atoms with Crippen LogP contribution < -0.4 is 0 Å². The van der Waals surface area contributed by atoms with Crippen LogP contribution in [0.4, 0.5) is 0 Å². The van der Waals surface area contributed by atoms with Gasteiger partial charge in [-0.3, -0.25) is 0 Å².